The molecule has 2 rings (SSSR count). The topological polar surface area (TPSA) is 55.6 Å². The third-order valence-electron chi connectivity index (χ3n) is 4.42. The molecule has 2 unspecified atom stereocenters. The number of hydrogen-bond acceptors (Lipinski definition) is 3. The number of carbonyl (C=O) groups excluding carboxylic acids is 1. The first-order valence-corrected chi connectivity index (χ1v) is 7.28. The van der Waals surface area contributed by atoms with E-state index < -0.39 is 0 Å². The van der Waals surface area contributed by atoms with Crippen LogP contribution in [-0.2, 0) is 9.53 Å². The van der Waals surface area contributed by atoms with E-state index in [0.29, 0.717) is 36.8 Å². The number of ether oxygens (including phenoxy) is 1. The minimum absolute atomic E-state index is 0.324. The van der Waals surface area contributed by atoms with Crippen molar-refractivity contribution in [2.45, 2.75) is 45.1 Å². The molecule has 18 heavy (non-hydrogen) atoms. The van der Waals surface area contributed by atoms with Gasteiger partial charge in [0.25, 0.3) is 0 Å². The van der Waals surface area contributed by atoms with Gasteiger partial charge in [-0.2, -0.15) is 0 Å². The molecular weight excluding hydrogens is 228 g/mol. The summed E-state index contributed by atoms with van der Waals surface area (Å²) in [5.41, 5.74) is 5.70. The first kappa shape index (κ1) is 13.8. The van der Waals surface area contributed by atoms with Gasteiger partial charge in [-0.15, -0.1) is 0 Å². The van der Waals surface area contributed by atoms with Gasteiger partial charge >= 0.3 is 0 Å². The van der Waals surface area contributed by atoms with E-state index in [9.17, 15) is 4.79 Å². The third-order valence-corrected chi connectivity index (χ3v) is 4.42. The number of carbonyl (C=O) groups is 1. The van der Waals surface area contributed by atoms with Crippen molar-refractivity contribution < 1.29 is 9.53 Å². The smallest absolute Gasteiger partial charge is 0.222 e. The molecule has 0 aromatic carbocycles. The fourth-order valence-electron chi connectivity index (χ4n) is 3.17. The summed E-state index contributed by atoms with van der Waals surface area (Å²) in [6.45, 7) is 5.45. The fraction of sp³-hybridized carbons (Fsp3) is 0.929. The minimum atomic E-state index is 0.324. The summed E-state index contributed by atoms with van der Waals surface area (Å²) in [4.78, 5) is 14.3. The molecule has 2 fully saturated rings. The van der Waals surface area contributed by atoms with Crippen LogP contribution in [0.25, 0.3) is 0 Å². The zero-order valence-corrected chi connectivity index (χ0v) is 11.4. The second-order valence-electron chi connectivity index (χ2n) is 5.83. The number of rotatable bonds is 4. The maximum atomic E-state index is 12.2. The van der Waals surface area contributed by atoms with Gasteiger partial charge in [-0.05, 0) is 51.0 Å². The highest BCUT2D eigenvalue weighted by Gasteiger charge is 2.31. The van der Waals surface area contributed by atoms with Gasteiger partial charge in [-0.25, -0.2) is 0 Å². The van der Waals surface area contributed by atoms with Gasteiger partial charge < -0.3 is 15.4 Å². The zero-order valence-electron chi connectivity index (χ0n) is 11.4. The number of nitrogens with two attached hydrogens (primary N) is 1. The molecule has 0 aromatic heterocycles. The van der Waals surface area contributed by atoms with Gasteiger partial charge in [0.1, 0.15) is 0 Å². The van der Waals surface area contributed by atoms with Crippen molar-refractivity contribution in [1.29, 1.82) is 0 Å². The largest absolute Gasteiger partial charge is 0.381 e. The first-order valence-electron chi connectivity index (χ1n) is 7.28. The van der Waals surface area contributed by atoms with Gasteiger partial charge in [0, 0.05) is 32.2 Å². The fourth-order valence-corrected chi connectivity index (χ4v) is 3.17. The Morgan fingerprint density at radius 1 is 1.33 bits per heavy atom. The second-order valence-corrected chi connectivity index (χ2v) is 5.83. The molecule has 2 aliphatic heterocycles. The minimum Gasteiger partial charge on any atom is -0.381 e. The summed E-state index contributed by atoms with van der Waals surface area (Å²) in [7, 11) is 0. The molecule has 0 saturated carbocycles. The second kappa shape index (κ2) is 6.53. The predicted octanol–water partition coefficient (Wildman–Crippen LogP) is 1.39. The van der Waals surface area contributed by atoms with E-state index in [1.54, 1.807) is 0 Å². The maximum Gasteiger partial charge on any atom is 0.222 e. The zero-order chi connectivity index (χ0) is 13.0. The molecule has 0 radical (unpaired) electrons. The Balaban J connectivity index is 1.74. The van der Waals surface area contributed by atoms with E-state index in [0.717, 1.165) is 45.4 Å². The summed E-state index contributed by atoms with van der Waals surface area (Å²) in [5.74, 6) is 1.52. The molecular formula is C14H26N2O2. The Hall–Kier alpha value is -0.610. The van der Waals surface area contributed by atoms with E-state index in [1.807, 2.05) is 4.90 Å². The molecule has 2 aliphatic rings. The average molecular weight is 254 g/mol. The van der Waals surface area contributed by atoms with Gasteiger partial charge in [0.2, 0.25) is 5.91 Å². The number of nitrogens with zero attached hydrogens (tertiary/aromatic N) is 1. The molecule has 104 valence electrons. The number of likely N-dealkylation sites (tertiary alicyclic amines) is 1. The lowest BCUT2D eigenvalue weighted by Gasteiger charge is -2.25. The van der Waals surface area contributed by atoms with Gasteiger partial charge in [0.15, 0.2) is 0 Å². The Bertz CT molecular complexity index is 277. The molecule has 0 spiro atoms. The van der Waals surface area contributed by atoms with Crippen molar-refractivity contribution in [1.82, 2.24) is 4.90 Å². The lowest BCUT2D eigenvalue weighted by Crippen LogP contribution is -2.34. The lowest BCUT2D eigenvalue weighted by atomic mass is 9.94. The molecule has 4 nitrogen and oxygen atoms in total. The van der Waals surface area contributed by atoms with Crippen LogP contribution < -0.4 is 5.73 Å². The van der Waals surface area contributed by atoms with Crippen LogP contribution in [0.2, 0.25) is 0 Å². The molecule has 0 bridgehead atoms. The van der Waals surface area contributed by atoms with Crippen molar-refractivity contribution >= 4 is 5.91 Å². The van der Waals surface area contributed by atoms with Gasteiger partial charge in [-0.3, -0.25) is 4.79 Å². The Morgan fingerprint density at radius 2 is 2.06 bits per heavy atom. The van der Waals surface area contributed by atoms with E-state index in [-0.39, 0.29) is 0 Å². The van der Waals surface area contributed by atoms with Crippen molar-refractivity contribution in [2.24, 2.45) is 17.6 Å². The van der Waals surface area contributed by atoms with E-state index in [2.05, 4.69) is 6.92 Å². The van der Waals surface area contributed by atoms with E-state index in [4.69, 9.17) is 10.5 Å². The van der Waals surface area contributed by atoms with Crippen molar-refractivity contribution in [3.8, 4) is 0 Å². The van der Waals surface area contributed by atoms with Crippen molar-refractivity contribution in [3.05, 3.63) is 0 Å². The van der Waals surface area contributed by atoms with Gasteiger partial charge in [-0.1, -0.05) is 0 Å². The highest BCUT2D eigenvalue weighted by molar-refractivity contribution is 5.76. The Labute approximate surface area is 110 Å². The first-order chi connectivity index (χ1) is 8.70. The quantitative estimate of drug-likeness (QED) is 0.825. The molecule has 0 aliphatic carbocycles. The Morgan fingerprint density at radius 3 is 2.67 bits per heavy atom. The summed E-state index contributed by atoms with van der Waals surface area (Å²) < 4.78 is 5.34. The lowest BCUT2D eigenvalue weighted by molar-refractivity contribution is -0.132. The molecule has 2 heterocycles. The monoisotopic (exact) mass is 254 g/mol. The van der Waals surface area contributed by atoms with Crippen LogP contribution in [0.3, 0.4) is 0 Å². The van der Waals surface area contributed by atoms with Gasteiger partial charge in [0.05, 0.1) is 0 Å². The summed E-state index contributed by atoms with van der Waals surface area (Å²) >= 11 is 0. The maximum absolute atomic E-state index is 12.2. The van der Waals surface area contributed by atoms with Crippen LogP contribution in [0, 0.1) is 11.8 Å². The SMILES string of the molecule is CC1CC(CN)CN1C(=O)CCC1CCOCC1. The molecule has 1 amide bonds. The highest BCUT2D eigenvalue weighted by Crippen LogP contribution is 2.25. The highest BCUT2D eigenvalue weighted by atomic mass is 16.5. The van der Waals surface area contributed by atoms with Crippen LogP contribution in [0.4, 0.5) is 0 Å². The Kier molecular flexibility index (Phi) is 5.01. The van der Waals surface area contributed by atoms with Crippen LogP contribution in [0.15, 0.2) is 0 Å². The van der Waals surface area contributed by atoms with Crippen LogP contribution in [-0.4, -0.2) is 43.2 Å². The van der Waals surface area contributed by atoms with Crippen LogP contribution in [0.1, 0.15) is 39.0 Å². The molecule has 0 aromatic rings. The summed E-state index contributed by atoms with van der Waals surface area (Å²) in [5, 5.41) is 0. The number of hydrogen-bond donors (Lipinski definition) is 1. The number of amides is 1. The van der Waals surface area contributed by atoms with Crippen molar-refractivity contribution in [2.75, 3.05) is 26.3 Å². The van der Waals surface area contributed by atoms with E-state index >= 15 is 0 Å². The van der Waals surface area contributed by atoms with E-state index in [1.165, 1.54) is 0 Å². The molecule has 2 saturated heterocycles. The van der Waals surface area contributed by atoms with Crippen molar-refractivity contribution in [3.63, 3.8) is 0 Å². The predicted molar refractivity (Wildman–Crippen MR) is 71.1 cm³/mol. The summed E-state index contributed by atoms with van der Waals surface area (Å²) in [6, 6.07) is 0.376. The molecule has 4 heteroatoms. The molecule has 2 N–H and O–H groups in total. The standard InChI is InChI=1S/C14H26N2O2/c1-11-8-13(9-15)10-16(11)14(17)3-2-12-4-6-18-7-5-12/h11-13H,2-10,15H2,1H3. The van der Waals surface area contributed by atoms with Crippen LogP contribution >= 0.6 is 0 Å². The molecule has 2 atom stereocenters. The average Bonchev–Trinajstić information content (AvgIpc) is 2.78. The van der Waals surface area contributed by atoms with Crippen LogP contribution in [0.5, 0.6) is 0 Å². The third kappa shape index (κ3) is 3.45. The summed E-state index contributed by atoms with van der Waals surface area (Å²) in [6.07, 6.45) is 5.03. The normalized spacial score (nSPS) is 29.8.